The highest BCUT2D eigenvalue weighted by Gasteiger charge is 2.25. The number of benzene rings is 2. The highest BCUT2D eigenvalue weighted by Crippen LogP contribution is 2.40. The number of hydrogen-bond donors (Lipinski definition) is 0. The second-order valence-corrected chi connectivity index (χ2v) is 7.79. The molecule has 0 saturated carbocycles. The first-order chi connectivity index (χ1) is 15.1. The average molecular weight is 425 g/mol. The highest BCUT2D eigenvalue weighted by molar-refractivity contribution is 5.92. The number of likely N-dealkylation sites (tertiary alicyclic amines) is 1. The summed E-state index contributed by atoms with van der Waals surface area (Å²) in [5.41, 5.74) is 1.59. The number of methoxy groups -OCH3 is 1. The summed E-state index contributed by atoms with van der Waals surface area (Å²) in [5.74, 6) is 1.11. The second-order valence-electron chi connectivity index (χ2n) is 7.79. The monoisotopic (exact) mass is 425 g/mol. The molecule has 2 aromatic rings. The molecule has 1 fully saturated rings. The van der Waals surface area contributed by atoms with Crippen molar-refractivity contribution in [1.82, 2.24) is 4.90 Å². The molecule has 4 rings (SSSR count). The van der Waals surface area contributed by atoms with Gasteiger partial charge < -0.3 is 23.8 Å². The summed E-state index contributed by atoms with van der Waals surface area (Å²) in [4.78, 5) is 26.8. The number of carbonyl (C=O) groups excluding carboxylic acids is 2. The SMILES string of the molecule is COc1cc(C(=O)OCC(=O)N2CCC(Cc3ccccc3)CC2)cc2c1OCCO2. The fourth-order valence-electron chi connectivity index (χ4n) is 4.03. The Labute approximate surface area is 181 Å². The first-order valence-electron chi connectivity index (χ1n) is 10.6. The molecule has 2 aromatic carbocycles. The van der Waals surface area contributed by atoms with Crippen LogP contribution < -0.4 is 14.2 Å². The Morgan fingerprint density at radius 3 is 2.55 bits per heavy atom. The molecule has 1 amide bonds. The van der Waals surface area contributed by atoms with Gasteiger partial charge in [-0.15, -0.1) is 0 Å². The van der Waals surface area contributed by atoms with Crippen LogP contribution in [0.15, 0.2) is 42.5 Å². The minimum atomic E-state index is -0.595. The zero-order valence-electron chi connectivity index (χ0n) is 17.7. The van der Waals surface area contributed by atoms with Crippen LogP contribution >= 0.6 is 0 Å². The Hall–Kier alpha value is -3.22. The predicted octanol–water partition coefficient (Wildman–Crippen LogP) is 3.10. The smallest absolute Gasteiger partial charge is 0.338 e. The van der Waals surface area contributed by atoms with Crippen LogP contribution in [-0.2, 0) is 16.0 Å². The van der Waals surface area contributed by atoms with Crippen LogP contribution in [0, 0.1) is 5.92 Å². The second kappa shape index (κ2) is 9.73. The van der Waals surface area contributed by atoms with Gasteiger partial charge in [0.05, 0.1) is 12.7 Å². The summed E-state index contributed by atoms with van der Waals surface area (Å²) in [6.07, 6.45) is 2.94. The molecular formula is C24H27NO6. The van der Waals surface area contributed by atoms with Gasteiger partial charge in [0.15, 0.2) is 18.1 Å². The summed E-state index contributed by atoms with van der Waals surface area (Å²) >= 11 is 0. The molecule has 0 unspecified atom stereocenters. The first kappa shape index (κ1) is 21.0. The third-order valence-electron chi connectivity index (χ3n) is 5.72. The van der Waals surface area contributed by atoms with E-state index in [4.69, 9.17) is 18.9 Å². The van der Waals surface area contributed by atoms with Crippen LogP contribution in [0.1, 0.15) is 28.8 Å². The van der Waals surface area contributed by atoms with E-state index in [2.05, 4.69) is 24.3 Å². The van der Waals surface area contributed by atoms with E-state index >= 15 is 0 Å². The molecular weight excluding hydrogens is 398 g/mol. The van der Waals surface area contributed by atoms with E-state index in [-0.39, 0.29) is 18.1 Å². The van der Waals surface area contributed by atoms with Gasteiger partial charge >= 0.3 is 5.97 Å². The highest BCUT2D eigenvalue weighted by atomic mass is 16.6. The van der Waals surface area contributed by atoms with Crippen molar-refractivity contribution in [3.8, 4) is 17.2 Å². The summed E-state index contributed by atoms with van der Waals surface area (Å²) in [6, 6.07) is 13.5. The van der Waals surface area contributed by atoms with E-state index in [1.54, 1.807) is 11.0 Å². The maximum Gasteiger partial charge on any atom is 0.338 e. The van der Waals surface area contributed by atoms with E-state index in [0.29, 0.717) is 49.5 Å². The molecule has 31 heavy (non-hydrogen) atoms. The van der Waals surface area contributed by atoms with Gasteiger partial charge in [-0.25, -0.2) is 4.79 Å². The quantitative estimate of drug-likeness (QED) is 0.662. The first-order valence-corrected chi connectivity index (χ1v) is 10.6. The number of nitrogens with zero attached hydrogens (tertiary/aromatic N) is 1. The van der Waals surface area contributed by atoms with Gasteiger partial charge in [0.1, 0.15) is 13.2 Å². The molecule has 164 valence electrons. The number of esters is 1. The Bertz CT molecular complexity index is 904. The van der Waals surface area contributed by atoms with Crippen LogP contribution in [0.5, 0.6) is 17.2 Å². The number of hydrogen-bond acceptors (Lipinski definition) is 6. The molecule has 1 saturated heterocycles. The molecule has 0 bridgehead atoms. The van der Waals surface area contributed by atoms with E-state index < -0.39 is 5.97 Å². The van der Waals surface area contributed by atoms with Gasteiger partial charge in [0.2, 0.25) is 5.75 Å². The minimum Gasteiger partial charge on any atom is -0.493 e. The van der Waals surface area contributed by atoms with E-state index in [9.17, 15) is 9.59 Å². The average Bonchev–Trinajstić information content (AvgIpc) is 2.82. The number of carbonyl (C=O) groups is 2. The van der Waals surface area contributed by atoms with E-state index in [1.807, 2.05) is 6.07 Å². The largest absolute Gasteiger partial charge is 0.493 e. The number of rotatable bonds is 6. The van der Waals surface area contributed by atoms with E-state index in [1.165, 1.54) is 18.7 Å². The van der Waals surface area contributed by atoms with Gasteiger partial charge in [-0.3, -0.25) is 4.79 Å². The summed E-state index contributed by atoms with van der Waals surface area (Å²) < 4.78 is 21.6. The zero-order chi connectivity index (χ0) is 21.6. The van der Waals surface area contributed by atoms with Gasteiger partial charge in [-0.1, -0.05) is 30.3 Å². The summed E-state index contributed by atoms with van der Waals surface area (Å²) in [5, 5.41) is 0. The molecule has 0 aliphatic carbocycles. The third kappa shape index (κ3) is 5.10. The van der Waals surface area contributed by atoms with Crippen molar-refractivity contribution in [1.29, 1.82) is 0 Å². The van der Waals surface area contributed by atoms with Crippen molar-refractivity contribution >= 4 is 11.9 Å². The molecule has 2 aliphatic heterocycles. The van der Waals surface area contributed by atoms with Crippen LogP contribution in [-0.4, -0.2) is 56.8 Å². The summed E-state index contributed by atoms with van der Waals surface area (Å²) in [7, 11) is 1.49. The molecule has 7 nitrogen and oxygen atoms in total. The van der Waals surface area contributed by atoms with Crippen molar-refractivity contribution in [3.05, 3.63) is 53.6 Å². The van der Waals surface area contributed by atoms with Crippen LogP contribution in [0.3, 0.4) is 0 Å². The molecule has 0 N–H and O–H groups in total. The Balaban J connectivity index is 1.28. The Morgan fingerprint density at radius 2 is 1.81 bits per heavy atom. The van der Waals surface area contributed by atoms with Crippen LogP contribution in [0.2, 0.25) is 0 Å². The molecule has 0 atom stereocenters. The number of piperidine rings is 1. The lowest BCUT2D eigenvalue weighted by atomic mass is 9.90. The van der Waals surface area contributed by atoms with Crippen molar-refractivity contribution in [2.24, 2.45) is 5.92 Å². The molecule has 0 radical (unpaired) electrons. The Morgan fingerprint density at radius 1 is 1.06 bits per heavy atom. The molecule has 2 heterocycles. The fourth-order valence-corrected chi connectivity index (χ4v) is 4.03. The fraction of sp³-hybridized carbons (Fsp3) is 0.417. The number of amides is 1. The maximum absolute atomic E-state index is 12.5. The Kier molecular flexibility index (Phi) is 6.60. The lowest BCUT2D eigenvalue weighted by Crippen LogP contribution is -2.41. The number of fused-ring (bicyclic) bond motifs is 1. The maximum atomic E-state index is 12.5. The van der Waals surface area contributed by atoms with Crippen molar-refractivity contribution in [2.45, 2.75) is 19.3 Å². The van der Waals surface area contributed by atoms with E-state index in [0.717, 1.165) is 19.3 Å². The molecule has 7 heteroatoms. The third-order valence-corrected chi connectivity index (χ3v) is 5.72. The van der Waals surface area contributed by atoms with Crippen LogP contribution in [0.25, 0.3) is 0 Å². The van der Waals surface area contributed by atoms with Gasteiger partial charge in [0.25, 0.3) is 5.91 Å². The van der Waals surface area contributed by atoms with Crippen molar-refractivity contribution in [3.63, 3.8) is 0 Å². The van der Waals surface area contributed by atoms with Gasteiger partial charge in [-0.05, 0) is 42.9 Å². The van der Waals surface area contributed by atoms with Crippen molar-refractivity contribution in [2.75, 3.05) is 40.0 Å². The molecule has 2 aliphatic rings. The number of ether oxygens (including phenoxy) is 4. The van der Waals surface area contributed by atoms with Crippen molar-refractivity contribution < 1.29 is 28.5 Å². The topological polar surface area (TPSA) is 74.3 Å². The normalized spacial score (nSPS) is 16.0. The lowest BCUT2D eigenvalue weighted by molar-refractivity contribution is -0.135. The zero-order valence-corrected chi connectivity index (χ0v) is 17.7. The molecule has 0 aromatic heterocycles. The predicted molar refractivity (Wildman–Crippen MR) is 114 cm³/mol. The van der Waals surface area contributed by atoms with Gasteiger partial charge in [-0.2, -0.15) is 0 Å². The lowest BCUT2D eigenvalue weighted by Gasteiger charge is -2.32. The summed E-state index contributed by atoms with van der Waals surface area (Å²) in [6.45, 7) is 1.91. The van der Waals surface area contributed by atoms with Crippen LogP contribution in [0.4, 0.5) is 0 Å². The standard InChI is InChI=1S/C24H27NO6/c1-28-20-14-19(15-21-23(20)30-12-11-29-21)24(27)31-16-22(26)25-9-7-18(8-10-25)13-17-5-3-2-4-6-17/h2-6,14-15,18H,7-13,16H2,1H3. The van der Waals surface area contributed by atoms with Gasteiger partial charge in [0, 0.05) is 13.1 Å². The molecule has 0 spiro atoms. The minimum absolute atomic E-state index is 0.170.